The molecule has 22 heavy (non-hydrogen) atoms. The van der Waals surface area contributed by atoms with E-state index in [4.69, 9.17) is 0 Å². The third-order valence-electron chi connectivity index (χ3n) is 3.94. The van der Waals surface area contributed by atoms with Gasteiger partial charge in [0.2, 0.25) is 0 Å². The summed E-state index contributed by atoms with van der Waals surface area (Å²) in [6.45, 7) is 2.06. The lowest BCUT2D eigenvalue weighted by atomic mass is 9.92. The fraction of sp³-hybridized carbons (Fsp3) is 0.235. The summed E-state index contributed by atoms with van der Waals surface area (Å²) in [5.74, 6) is -0.223. The Morgan fingerprint density at radius 1 is 1.09 bits per heavy atom. The topological polar surface area (TPSA) is 62.3 Å². The van der Waals surface area contributed by atoms with Gasteiger partial charge in [-0.05, 0) is 24.6 Å². The molecule has 1 fully saturated rings. The van der Waals surface area contributed by atoms with Gasteiger partial charge in [0.15, 0.2) is 0 Å². The molecule has 2 heterocycles. The van der Waals surface area contributed by atoms with Crippen molar-refractivity contribution in [2.75, 3.05) is 6.54 Å². The van der Waals surface area contributed by atoms with E-state index >= 15 is 0 Å². The molecule has 0 aliphatic carbocycles. The SMILES string of the molecule is CC1(c2ccccc2)NC(=O)N(CCc2ccccn2)C1=O. The van der Waals surface area contributed by atoms with Crippen LogP contribution in [0.4, 0.5) is 4.79 Å². The van der Waals surface area contributed by atoms with Crippen molar-refractivity contribution in [1.29, 1.82) is 0 Å². The minimum Gasteiger partial charge on any atom is -0.319 e. The highest BCUT2D eigenvalue weighted by Gasteiger charge is 2.48. The summed E-state index contributed by atoms with van der Waals surface area (Å²) in [4.78, 5) is 30.3. The molecular formula is C17H17N3O2. The number of hydrogen-bond acceptors (Lipinski definition) is 3. The van der Waals surface area contributed by atoms with Gasteiger partial charge >= 0.3 is 6.03 Å². The average Bonchev–Trinajstić information content (AvgIpc) is 2.78. The molecule has 0 saturated carbocycles. The minimum atomic E-state index is -0.998. The zero-order chi connectivity index (χ0) is 15.6. The van der Waals surface area contributed by atoms with Crippen LogP contribution in [0.1, 0.15) is 18.2 Å². The first-order chi connectivity index (χ1) is 10.6. The number of benzene rings is 1. The maximum absolute atomic E-state index is 12.7. The molecule has 1 N–H and O–H groups in total. The van der Waals surface area contributed by atoms with Gasteiger partial charge in [-0.25, -0.2) is 4.79 Å². The third-order valence-corrected chi connectivity index (χ3v) is 3.94. The van der Waals surface area contributed by atoms with Crippen LogP contribution in [0.15, 0.2) is 54.7 Å². The zero-order valence-corrected chi connectivity index (χ0v) is 12.3. The first-order valence-corrected chi connectivity index (χ1v) is 7.21. The van der Waals surface area contributed by atoms with Crippen molar-refractivity contribution >= 4 is 11.9 Å². The molecule has 1 aliphatic heterocycles. The summed E-state index contributed by atoms with van der Waals surface area (Å²) in [7, 11) is 0. The largest absolute Gasteiger partial charge is 0.325 e. The highest BCUT2D eigenvalue weighted by atomic mass is 16.2. The maximum Gasteiger partial charge on any atom is 0.325 e. The van der Waals surface area contributed by atoms with Crippen LogP contribution >= 0.6 is 0 Å². The summed E-state index contributed by atoms with van der Waals surface area (Å²) < 4.78 is 0. The molecule has 2 aromatic rings. The maximum atomic E-state index is 12.7. The lowest BCUT2D eigenvalue weighted by Gasteiger charge is -2.22. The van der Waals surface area contributed by atoms with E-state index < -0.39 is 5.54 Å². The number of rotatable bonds is 4. The van der Waals surface area contributed by atoms with E-state index in [1.54, 1.807) is 13.1 Å². The summed E-state index contributed by atoms with van der Waals surface area (Å²) in [5, 5.41) is 2.80. The molecule has 112 valence electrons. The van der Waals surface area contributed by atoms with Gasteiger partial charge in [0, 0.05) is 24.9 Å². The van der Waals surface area contributed by atoms with E-state index in [0.717, 1.165) is 11.3 Å². The second-order valence-corrected chi connectivity index (χ2v) is 5.45. The van der Waals surface area contributed by atoms with Crippen LogP contribution in [0.2, 0.25) is 0 Å². The van der Waals surface area contributed by atoms with E-state index in [9.17, 15) is 9.59 Å². The predicted molar refractivity (Wildman–Crippen MR) is 82.0 cm³/mol. The third kappa shape index (κ3) is 2.45. The Morgan fingerprint density at radius 2 is 1.82 bits per heavy atom. The van der Waals surface area contributed by atoms with E-state index in [2.05, 4.69) is 10.3 Å². The Hall–Kier alpha value is -2.69. The molecule has 1 aliphatic rings. The van der Waals surface area contributed by atoms with Crippen LogP contribution in [-0.4, -0.2) is 28.4 Å². The van der Waals surface area contributed by atoms with Crippen molar-refractivity contribution in [2.45, 2.75) is 18.9 Å². The van der Waals surface area contributed by atoms with Crippen molar-refractivity contribution in [3.05, 3.63) is 66.0 Å². The van der Waals surface area contributed by atoms with Gasteiger partial charge in [0.05, 0.1) is 0 Å². The number of nitrogens with zero attached hydrogens (tertiary/aromatic N) is 2. The quantitative estimate of drug-likeness (QED) is 0.879. The summed E-state index contributed by atoms with van der Waals surface area (Å²) in [5.41, 5.74) is 0.646. The molecule has 1 saturated heterocycles. The molecule has 1 aromatic heterocycles. The first kappa shape index (κ1) is 14.3. The van der Waals surface area contributed by atoms with Gasteiger partial charge in [-0.15, -0.1) is 0 Å². The highest BCUT2D eigenvalue weighted by molar-refractivity contribution is 6.07. The standard InChI is InChI=1S/C17H17N3O2/c1-17(13-7-3-2-4-8-13)15(21)20(16(22)19-17)12-10-14-9-5-6-11-18-14/h2-9,11H,10,12H2,1H3,(H,19,22). The second-order valence-electron chi connectivity index (χ2n) is 5.45. The smallest absolute Gasteiger partial charge is 0.319 e. The number of nitrogens with one attached hydrogen (secondary N) is 1. The fourth-order valence-electron chi connectivity index (χ4n) is 2.64. The predicted octanol–water partition coefficient (Wildman–Crippen LogP) is 2.09. The van der Waals surface area contributed by atoms with Crippen molar-refractivity contribution < 1.29 is 9.59 Å². The van der Waals surface area contributed by atoms with E-state index in [1.165, 1.54) is 4.90 Å². The molecule has 1 unspecified atom stereocenters. The monoisotopic (exact) mass is 295 g/mol. The molecule has 0 bridgehead atoms. The average molecular weight is 295 g/mol. The molecule has 1 atom stereocenters. The Bertz CT molecular complexity index is 688. The molecule has 1 aromatic carbocycles. The Kier molecular flexibility index (Phi) is 3.63. The van der Waals surface area contributed by atoms with E-state index in [1.807, 2.05) is 48.5 Å². The lowest BCUT2D eigenvalue weighted by Crippen LogP contribution is -2.41. The number of hydrogen-bond donors (Lipinski definition) is 1. The second kappa shape index (κ2) is 5.60. The number of urea groups is 1. The van der Waals surface area contributed by atoms with Crippen molar-refractivity contribution in [3.63, 3.8) is 0 Å². The summed E-state index contributed by atoms with van der Waals surface area (Å²) in [6, 6.07) is 14.6. The summed E-state index contributed by atoms with van der Waals surface area (Å²) >= 11 is 0. The van der Waals surface area contributed by atoms with Crippen molar-refractivity contribution in [2.24, 2.45) is 0 Å². The molecule has 5 heteroatoms. The van der Waals surface area contributed by atoms with Crippen LogP contribution in [-0.2, 0) is 16.8 Å². The van der Waals surface area contributed by atoms with Gasteiger partial charge < -0.3 is 5.32 Å². The number of amides is 3. The Labute approximate surface area is 129 Å². The van der Waals surface area contributed by atoms with Crippen LogP contribution in [0.5, 0.6) is 0 Å². The number of aromatic nitrogens is 1. The first-order valence-electron chi connectivity index (χ1n) is 7.21. The molecular weight excluding hydrogens is 278 g/mol. The van der Waals surface area contributed by atoms with Gasteiger partial charge in [-0.2, -0.15) is 0 Å². The van der Waals surface area contributed by atoms with E-state index in [0.29, 0.717) is 13.0 Å². The zero-order valence-electron chi connectivity index (χ0n) is 12.3. The number of carbonyl (C=O) groups is 2. The molecule has 3 rings (SSSR count). The number of pyridine rings is 1. The molecule has 0 spiro atoms. The van der Waals surface area contributed by atoms with Crippen LogP contribution < -0.4 is 5.32 Å². The summed E-state index contributed by atoms with van der Waals surface area (Å²) in [6.07, 6.45) is 2.25. The van der Waals surface area contributed by atoms with Crippen LogP contribution in [0.25, 0.3) is 0 Å². The minimum absolute atomic E-state index is 0.223. The van der Waals surface area contributed by atoms with Gasteiger partial charge in [-0.1, -0.05) is 36.4 Å². The van der Waals surface area contributed by atoms with Gasteiger partial charge in [-0.3, -0.25) is 14.7 Å². The highest BCUT2D eigenvalue weighted by Crippen LogP contribution is 2.28. The van der Waals surface area contributed by atoms with Gasteiger partial charge in [0.25, 0.3) is 5.91 Å². The number of carbonyl (C=O) groups excluding carboxylic acids is 2. The lowest BCUT2D eigenvalue weighted by molar-refractivity contribution is -0.131. The Balaban J connectivity index is 1.77. The molecule has 0 radical (unpaired) electrons. The van der Waals surface area contributed by atoms with Crippen LogP contribution in [0, 0.1) is 0 Å². The van der Waals surface area contributed by atoms with Gasteiger partial charge in [0.1, 0.15) is 5.54 Å². The Morgan fingerprint density at radius 3 is 2.50 bits per heavy atom. The normalized spacial score (nSPS) is 21.0. The molecule has 5 nitrogen and oxygen atoms in total. The molecule has 3 amide bonds. The van der Waals surface area contributed by atoms with Crippen molar-refractivity contribution in [3.8, 4) is 0 Å². The van der Waals surface area contributed by atoms with Crippen molar-refractivity contribution in [1.82, 2.24) is 15.2 Å². The fourth-order valence-corrected chi connectivity index (χ4v) is 2.64. The number of imide groups is 1. The van der Waals surface area contributed by atoms with Crippen LogP contribution in [0.3, 0.4) is 0 Å². The van der Waals surface area contributed by atoms with E-state index in [-0.39, 0.29) is 11.9 Å².